The molecule has 0 aromatic heterocycles. The monoisotopic (exact) mass is 2220 g/mol. The van der Waals surface area contributed by atoms with Gasteiger partial charge < -0.3 is 101 Å². The molecular weight excluding hydrogens is 2110 g/mol. The van der Waals surface area contributed by atoms with Gasteiger partial charge in [-0.15, -0.1) is 0 Å². The van der Waals surface area contributed by atoms with Crippen molar-refractivity contribution in [3.63, 3.8) is 0 Å². The molecule has 0 heterocycles. The van der Waals surface area contributed by atoms with Gasteiger partial charge in [0.2, 0.25) is 0 Å². The fraction of sp³-hybridized carbons (Fsp3) is 0.250. The van der Waals surface area contributed by atoms with Crippen LogP contribution in [0.15, 0.2) is 321 Å². The molecule has 0 aliphatic rings. The van der Waals surface area contributed by atoms with Gasteiger partial charge in [-0.25, -0.2) is 0 Å². The summed E-state index contributed by atoms with van der Waals surface area (Å²) in [6.07, 6.45) is 12.3. The first-order valence-electron chi connectivity index (χ1n) is 41.4. The smallest absolute Gasteiger partial charge is 0.696 e. The Kier molecular flexibility index (Phi) is 53.3. The summed E-state index contributed by atoms with van der Waals surface area (Å²) < 4.78 is 21.1. The third-order valence-electron chi connectivity index (χ3n) is 18.6. The number of aryl methyl sites for hydroxylation is 12. The summed E-state index contributed by atoms with van der Waals surface area (Å²) in [4.78, 5) is 6.48. The Morgan fingerprint density at radius 2 is 0.244 bits per heavy atom. The molecular formula is C96H108MoO6P6S18. The molecule has 0 spiro atoms. The Balaban J connectivity index is 0.000000235. The maximum Gasteiger partial charge on any atom is 6.00 e. The molecule has 0 fully saturated rings. The molecule has 0 saturated heterocycles. The summed E-state index contributed by atoms with van der Waals surface area (Å²) in [6.45, 7) is 25.6. The topological polar surface area (TPSA) is 55.4 Å². The van der Waals surface area contributed by atoms with E-state index in [9.17, 15) is 0 Å². The van der Waals surface area contributed by atoms with Crippen LogP contribution in [-0.2, 0) is 242 Å². The quantitative estimate of drug-likeness (QED) is 0.0213. The fourth-order valence-electron chi connectivity index (χ4n) is 11.1. The van der Waals surface area contributed by atoms with Crippen LogP contribution in [-0.4, -0.2) is 0 Å². The van der Waals surface area contributed by atoms with Crippen LogP contribution in [0.25, 0.3) is 0 Å². The first-order chi connectivity index (χ1) is 60.1. The third kappa shape index (κ3) is 45.4. The molecule has 6 nitrogen and oxygen atoms in total. The zero-order chi connectivity index (χ0) is 91.8. The van der Waals surface area contributed by atoms with E-state index in [1.807, 2.05) is 72.8 Å². The Hall–Kier alpha value is -1.77. The van der Waals surface area contributed by atoms with Crippen LogP contribution in [0.1, 0.15) is 150 Å². The van der Waals surface area contributed by atoms with E-state index < -0.39 is 28.0 Å². The maximum absolute atomic E-state index is 5.87. The standard InChI is InChI=1S/6C16H19OPS3.Mo/c6*1-3-13-5-9-15(10-6-13)17-18(19,20)21-16-11-7-14(4-2)8-12-16;/h6*5-12H,3-4H2,1-2H3,(H,19,20);/q;;;;;;+6/p-6. The minimum atomic E-state index is -2.35. The number of hydrogen-bond donors (Lipinski definition) is 0. The van der Waals surface area contributed by atoms with Crippen molar-refractivity contribution in [3.05, 3.63) is 358 Å². The second kappa shape index (κ2) is 59.4. The minimum absolute atomic E-state index is 0. The molecule has 0 radical (unpaired) electrons. The van der Waals surface area contributed by atoms with Crippen molar-refractivity contribution in [3.8, 4) is 34.5 Å². The van der Waals surface area contributed by atoms with E-state index in [0.717, 1.165) is 141 Å². The van der Waals surface area contributed by atoms with Crippen molar-refractivity contribution in [2.75, 3.05) is 0 Å². The largest absolute Gasteiger partial charge is 6.00 e. The molecule has 12 rings (SSSR count). The van der Waals surface area contributed by atoms with Gasteiger partial charge in [0.15, 0.2) is 0 Å². The Labute approximate surface area is 860 Å². The SMILES string of the molecule is CCc1ccc(OP(=S)([S-])Sc2ccc(CC)cc2)cc1.CCc1ccc(OP(=S)([S-])Sc2ccc(CC)cc2)cc1.CCc1ccc(OP(=S)([S-])Sc2ccc(CC)cc2)cc1.CCc1ccc(OP(=S)([S-])Sc2ccc(CC)cc2)cc1.CCc1ccc(OP(=S)([S-])Sc2ccc(CC)cc2)cc1.CCc1ccc(OP(=S)([S-])Sc2ccc(CC)cc2)cc1.[Mo+6]. The molecule has 6 unspecified atom stereocenters. The van der Waals surface area contributed by atoms with Crippen LogP contribution in [0.5, 0.6) is 34.5 Å². The van der Waals surface area contributed by atoms with Crippen LogP contribution in [0.3, 0.4) is 0 Å². The van der Waals surface area contributed by atoms with E-state index in [1.54, 1.807) is 0 Å². The van der Waals surface area contributed by atoms with Crippen LogP contribution in [0.4, 0.5) is 0 Å². The van der Waals surface area contributed by atoms with Gasteiger partial charge >= 0.3 is 21.1 Å². The summed E-state index contributed by atoms with van der Waals surface area (Å²) in [7, 11) is 0. The van der Waals surface area contributed by atoms with Gasteiger partial charge in [0.25, 0.3) is 0 Å². The van der Waals surface area contributed by atoms with Crippen LogP contribution in [0.2, 0.25) is 0 Å². The molecule has 0 aliphatic carbocycles. The van der Waals surface area contributed by atoms with E-state index in [1.165, 1.54) is 135 Å². The van der Waals surface area contributed by atoms with Crippen molar-refractivity contribution in [2.45, 2.75) is 190 Å². The third-order valence-corrected chi connectivity index (χ3v) is 45.3. The zero-order valence-corrected chi connectivity index (χ0v) is 95.2. The molecule has 0 N–H and O–H groups in total. The Morgan fingerprint density at radius 1 is 0.165 bits per heavy atom. The molecule has 12 aromatic rings. The van der Waals surface area contributed by atoms with Crippen molar-refractivity contribution < 1.29 is 48.2 Å². The maximum atomic E-state index is 5.87. The number of hydrogen-bond acceptors (Lipinski definition) is 24. The van der Waals surface area contributed by atoms with Crippen molar-refractivity contribution in [1.29, 1.82) is 0 Å². The van der Waals surface area contributed by atoms with Crippen LogP contribution < -0.4 is 27.1 Å². The van der Waals surface area contributed by atoms with Gasteiger partial charge in [0.05, 0.1) is 0 Å². The summed E-state index contributed by atoms with van der Waals surface area (Å²) in [5.74, 6) is 4.60. The molecule has 0 saturated carbocycles. The summed E-state index contributed by atoms with van der Waals surface area (Å²) >= 11 is 74.9. The molecule has 12 aromatic carbocycles. The van der Waals surface area contributed by atoms with E-state index in [0.29, 0.717) is 0 Å². The van der Waals surface area contributed by atoms with Crippen LogP contribution in [0, 0.1) is 0 Å². The second-order valence-corrected chi connectivity index (χ2v) is 81.7. The van der Waals surface area contributed by atoms with Gasteiger partial charge in [0.1, 0.15) is 34.5 Å². The molecule has 0 bridgehead atoms. The molecule has 127 heavy (non-hydrogen) atoms. The first-order valence-corrected chi connectivity index (χ1v) is 72.3. The van der Waals surface area contributed by atoms with Gasteiger partial charge in [-0.1, -0.05) is 368 Å². The van der Waals surface area contributed by atoms with Crippen LogP contribution >= 0.6 is 96.3 Å². The molecule has 6 atom stereocenters. The second-order valence-electron chi connectivity index (χ2n) is 27.7. The molecule has 0 amide bonds. The summed E-state index contributed by atoms with van der Waals surface area (Å²) in [5.41, 5.74) is 15.6. The van der Waals surface area contributed by atoms with Gasteiger partial charge in [-0.3, -0.25) is 0 Å². The normalized spacial score (nSPS) is 13.6. The van der Waals surface area contributed by atoms with E-state index in [4.69, 9.17) is 171 Å². The van der Waals surface area contributed by atoms with Gasteiger partial charge in [0, 0.05) is 57.4 Å². The van der Waals surface area contributed by atoms with E-state index >= 15 is 0 Å². The minimum Gasteiger partial charge on any atom is -0.696 e. The van der Waals surface area contributed by atoms with Crippen molar-refractivity contribution in [1.82, 2.24) is 0 Å². The van der Waals surface area contributed by atoms with Crippen molar-refractivity contribution in [2.24, 2.45) is 0 Å². The predicted octanol–water partition coefficient (Wildman–Crippen LogP) is 34.5. The van der Waals surface area contributed by atoms with E-state index in [-0.39, 0.29) is 21.1 Å². The first kappa shape index (κ1) is 114. The Bertz CT molecular complexity index is 4320. The zero-order valence-electron chi connectivity index (χ0n) is 73.1. The molecule has 0 aliphatic heterocycles. The summed E-state index contributed by atoms with van der Waals surface area (Å²) in [5, 5.41) is 0. The summed E-state index contributed by atoms with van der Waals surface area (Å²) in [6, 6.07) is 98.3. The predicted molar refractivity (Wildman–Crippen MR) is 599 cm³/mol. The molecule has 31 heteroatoms. The number of rotatable bonds is 36. The van der Waals surface area contributed by atoms with Gasteiger partial charge in [-0.05, 0) is 289 Å². The molecule has 672 valence electrons. The fourth-order valence-corrected chi connectivity index (χ4v) is 38.1. The Morgan fingerprint density at radius 3 is 0.323 bits per heavy atom. The average Bonchev–Trinajstić information content (AvgIpc) is 0.871. The van der Waals surface area contributed by atoms with E-state index in [2.05, 4.69) is 301 Å². The average molecular weight is 2220 g/mol. The van der Waals surface area contributed by atoms with Gasteiger partial charge in [-0.2, -0.15) is 0 Å². The number of benzene rings is 12. The van der Waals surface area contributed by atoms with Crippen molar-refractivity contribution >= 4 is 241 Å².